The van der Waals surface area contributed by atoms with Crippen molar-refractivity contribution in [1.82, 2.24) is 14.8 Å². The molecule has 2 aromatic rings. The summed E-state index contributed by atoms with van der Waals surface area (Å²) in [4.78, 5) is 0. The monoisotopic (exact) mass is 202 g/mol. The highest BCUT2D eigenvalue weighted by molar-refractivity contribution is 5.55. The first-order valence-electron chi connectivity index (χ1n) is 4.87. The zero-order chi connectivity index (χ0) is 10.8. The fraction of sp³-hybridized carbons (Fsp3) is 0.273. The van der Waals surface area contributed by atoms with Gasteiger partial charge in [-0.15, -0.1) is 10.2 Å². The highest BCUT2D eigenvalue weighted by atomic mass is 15.3. The molecule has 1 heterocycles. The second kappa shape index (κ2) is 3.82. The molecule has 4 nitrogen and oxygen atoms in total. The van der Waals surface area contributed by atoms with Crippen molar-refractivity contribution in [3.05, 3.63) is 35.7 Å². The molecule has 0 aliphatic carbocycles. The molecule has 0 aliphatic rings. The van der Waals surface area contributed by atoms with Crippen molar-refractivity contribution in [3.63, 3.8) is 0 Å². The van der Waals surface area contributed by atoms with Gasteiger partial charge in [0.25, 0.3) is 0 Å². The van der Waals surface area contributed by atoms with Crippen molar-refractivity contribution < 1.29 is 0 Å². The first kappa shape index (κ1) is 9.86. The van der Waals surface area contributed by atoms with Crippen molar-refractivity contribution in [2.24, 2.45) is 12.8 Å². The van der Waals surface area contributed by atoms with Gasteiger partial charge in [-0.3, -0.25) is 0 Å². The van der Waals surface area contributed by atoms with E-state index in [1.807, 2.05) is 23.7 Å². The Morgan fingerprint density at radius 2 is 1.87 bits per heavy atom. The van der Waals surface area contributed by atoms with Crippen LogP contribution in [0.25, 0.3) is 11.4 Å². The van der Waals surface area contributed by atoms with Crippen LogP contribution in [0.15, 0.2) is 24.3 Å². The zero-order valence-electron chi connectivity index (χ0n) is 8.94. The maximum absolute atomic E-state index is 5.54. The summed E-state index contributed by atoms with van der Waals surface area (Å²) in [5, 5.41) is 8.14. The first-order valence-corrected chi connectivity index (χ1v) is 4.87. The van der Waals surface area contributed by atoms with Crippen LogP contribution in [0.5, 0.6) is 0 Å². The maximum atomic E-state index is 5.54. The summed E-state index contributed by atoms with van der Waals surface area (Å²) in [7, 11) is 1.93. The van der Waals surface area contributed by atoms with Gasteiger partial charge in [0.1, 0.15) is 5.82 Å². The van der Waals surface area contributed by atoms with Gasteiger partial charge in [-0.05, 0) is 6.92 Å². The highest BCUT2D eigenvalue weighted by Crippen LogP contribution is 2.17. The third kappa shape index (κ3) is 1.76. The van der Waals surface area contributed by atoms with E-state index < -0.39 is 0 Å². The van der Waals surface area contributed by atoms with Crippen LogP contribution < -0.4 is 5.73 Å². The van der Waals surface area contributed by atoms with Gasteiger partial charge in [-0.1, -0.05) is 29.8 Å². The summed E-state index contributed by atoms with van der Waals surface area (Å²) in [6.07, 6.45) is 0. The maximum Gasteiger partial charge on any atom is 0.163 e. The lowest BCUT2D eigenvalue weighted by Crippen LogP contribution is -2.05. The van der Waals surface area contributed by atoms with E-state index in [0.29, 0.717) is 6.54 Å². The van der Waals surface area contributed by atoms with Crippen LogP contribution in [0, 0.1) is 6.92 Å². The lowest BCUT2D eigenvalue weighted by molar-refractivity contribution is 0.797. The number of hydrogen-bond acceptors (Lipinski definition) is 3. The Balaban J connectivity index is 2.45. The molecule has 0 amide bonds. The van der Waals surface area contributed by atoms with Crippen LogP contribution in [0.1, 0.15) is 11.4 Å². The van der Waals surface area contributed by atoms with Crippen LogP contribution in [-0.2, 0) is 13.6 Å². The fourth-order valence-corrected chi connectivity index (χ4v) is 1.49. The summed E-state index contributed by atoms with van der Waals surface area (Å²) in [5.74, 6) is 1.65. The molecule has 0 unspecified atom stereocenters. The minimum Gasteiger partial charge on any atom is -0.324 e. The Morgan fingerprint density at radius 3 is 2.40 bits per heavy atom. The quantitative estimate of drug-likeness (QED) is 0.797. The number of hydrogen-bond donors (Lipinski definition) is 1. The Morgan fingerprint density at radius 1 is 1.20 bits per heavy atom. The molecule has 15 heavy (non-hydrogen) atoms. The standard InChI is InChI=1S/C11H14N4/c1-8-3-5-9(6-4-8)11-14-13-10(7-12)15(11)2/h3-6H,7,12H2,1-2H3. The van der Waals surface area contributed by atoms with E-state index in [0.717, 1.165) is 17.2 Å². The lowest BCUT2D eigenvalue weighted by atomic mass is 10.1. The van der Waals surface area contributed by atoms with Crippen molar-refractivity contribution in [1.29, 1.82) is 0 Å². The second-order valence-corrected chi connectivity index (χ2v) is 3.57. The molecule has 4 heteroatoms. The molecule has 0 saturated carbocycles. The summed E-state index contributed by atoms with van der Waals surface area (Å²) in [6, 6.07) is 8.21. The Kier molecular flexibility index (Phi) is 2.51. The van der Waals surface area contributed by atoms with E-state index in [1.54, 1.807) is 0 Å². The van der Waals surface area contributed by atoms with Gasteiger partial charge >= 0.3 is 0 Å². The summed E-state index contributed by atoms with van der Waals surface area (Å²) in [5.41, 5.74) is 7.84. The largest absolute Gasteiger partial charge is 0.324 e. The second-order valence-electron chi connectivity index (χ2n) is 3.57. The molecule has 0 bridgehead atoms. The average Bonchev–Trinajstić information content (AvgIpc) is 2.61. The van der Waals surface area contributed by atoms with Crippen molar-refractivity contribution in [3.8, 4) is 11.4 Å². The topological polar surface area (TPSA) is 56.7 Å². The highest BCUT2D eigenvalue weighted by Gasteiger charge is 2.08. The van der Waals surface area contributed by atoms with Gasteiger partial charge in [0.05, 0.1) is 6.54 Å². The zero-order valence-corrected chi connectivity index (χ0v) is 8.94. The number of nitrogens with two attached hydrogens (primary N) is 1. The summed E-state index contributed by atoms with van der Waals surface area (Å²) in [6.45, 7) is 2.47. The van der Waals surface area contributed by atoms with Crippen LogP contribution in [-0.4, -0.2) is 14.8 Å². The van der Waals surface area contributed by atoms with Gasteiger partial charge in [-0.2, -0.15) is 0 Å². The van der Waals surface area contributed by atoms with E-state index in [4.69, 9.17) is 5.73 Å². The molecule has 0 spiro atoms. The molecule has 0 atom stereocenters. The fourth-order valence-electron chi connectivity index (χ4n) is 1.49. The lowest BCUT2D eigenvalue weighted by Gasteiger charge is -2.02. The molecule has 0 saturated heterocycles. The molecule has 78 valence electrons. The number of nitrogens with zero attached hydrogens (tertiary/aromatic N) is 3. The van der Waals surface area contributed by atoms with Gasteiger partial charge in [0.2, 0.25) is 0 Å². The van der Waals surface area contributed by atoms with Crippen molar-refractivity contribution in [2.75, 3.05) is 0 Å². The molecular formula is C11H14N4. The number of aromatic nitrogens is 3. The van der Waals surface area contributed by atoms with Crippen LogP contribution in [0.3, 0.4) is 0 Å². The van der Waals surface area contributed by atoms with Crippen molar-refractivity contribution in [2.45, 2.75) is 13.5 Å². The van der Waals surface area contributed by atoms with E-state index >= 15 is 0 Å². The molecule has 2 N–H and O–H groups in total. The Labute approximate surface area is 88.8 Å². The predicted molar refractivity (Wildman–Crippen MR) is 59.1 cm³/mol. The smallest absolute Gasteiger partial charge is 0.163 e. The molecule has 0 aliphatic heterocycles. The van der Waals surface area contributed by atoms with E-state index in [1.165, 1.54) is 5.56 Å². The van der Waals surface area contributed by atoms with Crippen molar-refractivity contribution >= 4 is 0 Å². The third-order valence-electron chi connectivity index (χ3n) is 2.46. The Bertz CT molecular complexity index is 456. The van der Waals surface area contributed by atoms with E-state index in [2.05, 4.69) is 29.3 Å². The molecule has 1 aromatic carbocycles. The van der Waals surface area contributed by atoms with Gasteiger partial charge in [0.15, 0.2) is 5.82 Å². The van der Waals surface area contributed by atoms with E-state index in [-0.39, 0.29) is 0 Å². The molecular weight excluding hydrogens is 188 g/mol. The SMILES string of the molecule is Cc1ccc(-c2nnc(CN)n2C)cc1. The Hall–Kier alpha value is -1.68. The van der Waals surface area contributed by atoms with Crippen LogP contribution in [0.4, 0.5) is 0 Å². The minimum absolute atomic E-state index is 0.412. The van der Waals surface area contributed by atoms with Gasteiger partial charge < -0.3 is 10.3 Å². The molecule has 0 radical (unpaired) electrons. The van der Waals surface area contributed by atoms with Crippen LogP contribution >= 0.6 is 0 Å². The number of aryl methyl sites for hydroxylation is 1. The summed E-state index contributed by atoms with van der Waals surface area (Å²) < 4.78 is 1.92. The van der Waals surface area contributed by atoms with Gasteiger partial charge in [-0.25, -0.2) is 0 Å². The number of rotatable bonds is 2. The van der Waals surface area contributed by atoms with Gasteiger partial charge in [0, 0.05) is 12.6 Å². The summed E-state index contributed by atoms with van der Waals surface area (Å²) >= 11 is 0. The molecule has 2 rings (SSSR count). The number of benzene rings is 1. The third-order valence-corrected chi connectivity index (χ3v) is 2.46. The first-order chi connectivity index (χ1) is 7.22. The average molecular weight is 202 g/mol. The van der Waals surface area contributed by atoms with E-state index in [9.17, 15) is 0 Å². The molecule has 0 fully saturated rings. The normalized spacial score (nSPS) is 10.6. The minimum atomic E-state index is 0.412. The molecule has 1 aromatic heterocycles. The predicted octanol–water partition coefficient (Wildman–Crippen LogP) is 1.25. The van der Waals surface area contributed by atoms with Crippen LogP contribution in [0.2, 0.25) is 0 Å².